The van der Waals surface area contributed by atoms with Gasteiger partial charge in [0.2, 0.25) is 5.69 Å². The van der Waals surface area contributed by atoms with E-state index in [0.717, 1.165) is 20.0 Å². The zero-order valence-corrected chi connectivity index (χ0v) is 12.5. The van der Waals surface area contributed by atoms with Crippen LogP contribution >= 0.6 is 23.1 Å². The zero-order valence-electron chi connectivity index (χ0n) is 10.9. The Morgan fingerprint density at radius 2 is 2.10 bits per heavy atom. The minimum absolute atomic E-state index is 0.295. The molecule has 3 nitrogen and oxygen atoms in total. The van der Waals surface area contributed by atoms with E-state index in [4.69, 9.17) is 0 Å². The van der Waals surface area contributed by atoms with E-state index in [1.54, 1.807) is 30.5 Å². The van der Waals surface area contributed by atoms with Crippen molar-refractivity contribution in [3.8, 4) is 0 Å². The van der Waals surface area contributed by atoms with Crippen LogP contribution in [0.4, 0.5) is 14.5 Å². The number of para-hydroxylation sites is 1. The van der Waals surface area contributed by atoms with Crippen molar-refractivity contribution in [3.05, 3.63) is 58.8 Å². The molecule has 0 spiro atoms. The summed E-state index contributed by atoms with van der Waals surface area (Å²) in [6.45, 7) is 0. The van der Waals surface area contributed by atoms with Gasteiger partial charge in [-0.05, 0) is 12.5 Å². The standard InChI is InChI=1S/C14H12F2N2OS2/c15-13(16)7-4-8-20-14-17-9-12(21-14)10-18(19)11-5-2-1-3-6-11/h1-3,5-7,9-10H,4,8H2/b18-10-. The number of rotatable bonds is 6. The van der Waals surface area contributed by atoms with Crippen molar-refractivity contribution in [2.75, 3.05) is 5.75 Å². The van der Waals surface area contributed by atoms with E-state index in [0.29, 0.717) is 17.9 Å². The topological polar surface area (TPSA) is 39.0 Å². The normalized spacial score (nSPS) is 11.4. The van der Waals surface area contributed by atoms with Crippen molar-refractivity contribution in [2.24, 2.45) is 0 Å². The molecule has 0 atom stereocenters. The lowest BCUT2D eigenvalue weighted by Crippen LogP contribution is -1.96. The molecule has 21 heavy (non-hydrogen) atoms. The Kier molecular flexibility index (Phi) is 5.89. The number of benzene rings is 1. The first-order chi connectivity index (χ1) is 10.1. The molecule has 0 aliphatic heterocycles. The fourth-order valence-electron chi connectivity index (χ4n) is 1.48. The summed E-state index contributed by atoms with van der Waals surface area (Å²) in [5.74, 6) is 0.532. The molecule has 0 N–H and O–H groups in total. The zero-order chi connectivity index (χ0) is 15.1. The number of thiazole rings is 1. The van der Waals surface area contributed by atoms with Crippen LogP contribution in [0, 0.1) is 5.21 Å². The SMILES string of the molecule is [O-]/[N+](=C\c1cnc(SCCC=C(F)F)s1)c1ccccc1. The van der Waals surface area contributed by atoms with Gasteiger partial charge < -0.3 is 5.21 Å². The molecule has 1 aromatic heterocycles. The predicted molar refractivity (Wildman–Crippen MR) is 82.6 cm³/mol. The summed E-state index contributed by atoms with van der Waals surface area (Å²) in [4.78, 5) is 4.88. The first-order valence-electron chi connectivity index (χ1n) is 6.11. The molecule has 1 aromatic carbocycles. The molecule has 0 fully saturated rings. The predicted octanol–water partition coefficient (Wildman–Crippen LogP) is 4.67. The second-order valence-electron chi connectivity index (χ2n) is 3.95. The maximum atomic E-state index is 11.9. The molecule has 1 heterocycles. The summed E-state index contributed by atoms with van der Waals surface area (Å²) in [7, 11) is 0. The first kappa shape index (κ1) is 15.7. The summed E-state index contributed by atoms with van der Waals surface area (Å²) in [6.07, 6.45) is 2.59. The van der Waals surface area contributed by atoms with E-state index in [1.807, 2.05) is 6.07 Å². The highest BCUT2D eigenvalue weighted by Crippen LogP contribution is 2.24. The third-order valence-electron chi connectivity index (χ3n) is 2.40. The first-order valence-corrected chi connectivity index (χ1v) is 7.91. The van der Waals surface area contributed by atoms with Crippen LogP contribution in [0.15, 0.2) is 53.0 Å². The van der Waals surface area contributed by atoms with Crippen LogP contribution in [0.3, 0.4) is 0 Å². The lowest BCUT2D eigenvalue weighted by Gasteiger charge is -2.00. The Bertz CT molecular complexity index is 637. The van der Waals surface area contributed by atoms with Crippen LogP contribution in [0.25, 0.3) is 0 Å². The van der Waals surface area contributed by atoms with E-state index in [1.165, 1.54) is 29.3 Å². The minimum atomic E-state index is -1.66. The van der Waals surface area contributed by atoms with Crippen LogP contribution < -0.4 is 0 Å². The number of hydrogen-bond donors (Lipinski definition) is 0. The van der Waals surface area contributed by atoms with Crippen LogP contribution in [-0.2, 0) is 0 Å². The van der Waals surface area contributed by atoms with E-state index >= 15 is 0 Å². The van der Waals surface area contributed by atoms with E-state index in [-0.39, 0.29) is 0 Å². The lowest BCUT2D eigenvalue weighted by molar-refractivity contribution is -0.354. The highest BCUT2D eigenvalue weighted by Gasteiger charge is 2.05. The monoisotopic (exact) mass is 326 g/mol. The van der Waals surface area contributed by atoms with Gasteiger partial charge in [0, 0.05) is 17.9 Å². The van der Waals surface area contributed by atoms with Gasteiger partial charge in [-0.2, -0.15) is 13.5 Å². The summed E-state index contributed by atoms with van der Waals surface area (Å²) in [5.41, 5.74) is 0.545. The lowest BCUT2D eigenvalue weighted by atomic mass is 10.3. The molecule has 0 saturated heterocycles. The molecule has 0 unspecified atom stereocenters. The molecule has 0 aliphatic rings. The van der Waals surface area contributed by atoms with Gasteiger partial charge in [-0.1, -0.05) is 30.0 Å². The second-order valence-corrected chi connectivity index (χ2v) is 6.35. The maximum absolute atomic E-state index is 11.9. The van der Waals surface area contributed by atoms with Gasteiger partial charge >= 0.3 is 0 Å². The Hall–Kier alpha value is -1.73. The van der Waals surface area contributed by atoms with Crippen molar-refractivity contribution in [1.82, 2.24) is 4.98 Å². The van der Waals surface area contributed by atoms with Gasteiger partial charge in [-0.15, -0.1) is 11.3 Å². The highest BCUT2D eigenvalue weighted by molar-refractivity contribution is 8.01. The maximum Gasteiger partial charge on any atom is 0.266 e. The Labute approximate surface area is 129 Å². The molecule has 2 aromatic rings. The Morgan fingerprint density at radius 1 is 1.33 bits per heavy atom. The molecule has 2 rings (SSSR count). The van der Waals surface area contributed by atoms with Gasteiger partial charge in [0.15, 0.2) is 10.6 Å². The van der Waals surface area contributed by atoms with Gasteiger partial charge in [0.25, 0.3) is 6.08 Å². The molecule has 0 bridgehead atoms. The van der Waals surface area contributed by atoms with Crippen LogP contribution in [0.2, 0.25) is 0 Å². The van der Waals surface area contributed by atoms with E-state index in [2.05, 4.69) is 4.98 Å². The largest absolute Gasteiger partial charge is 0.618 e. The third kappa shape index (κ3) is 5.28. The number of allylic oxidation sites excluding steroid dienone is 1. The summed E-state index contributed by atoms with van der Waals surface area (Å²) < 4.78 is 25.3. The molecule has 0 radical (unpaired) electrons. The van der Waals surface area contributed by atoms with Crippen molar-refractivity contribution < 1.29 is 13.5 Å². The highest BCUT2D eigenvalue weighted by atomic mass is 32.2. The van der Waals surface area contributed by atoms with Crippen molar-refractivity contribution >= 4 is 35.0 Å². The average molecular weight is 326 g/mol. The molecule has 7 heteroatoms. The van der Waals surface area contributed by atoms with E-state index in [9.17, 15) is 14.0 Å². The average Bonchev–Trinajstić information content (AvgIpc) is 2.92. The van der Waals surface area contributed by atoms with Crippen LogP contribution in [0.5, 0.6) is 0 Å². The number of thioether (sulfide) groups is 1. The third-order valence-corrected chi connectivity index (χ3v) is 4.52. The minimum Gasteiger partial charge on any atom is -0.618 e. The van der Waals surface area contributed by atoms with Gasteiger partial charge in [0.1, 0.15) is 4.88 Å². The fraction of sp³-hybridized carbons (Fsp3) is 0.143. The summed E-state index contributed by atoms with van der Waals surface area (Å²) in [6, 6.07) is 8.86. The smallest absolute Gasteiger partial charge is 0.266 e. The van der Waals surface area contributed by atoms with Gasteiger partial charge in [0.05, 0.1) is 6.20 Å². The van der Waals surface area contributed by atoms with Gasteiger partial charge in [-0.3, -0.25) is 0 Å². The molecule has 0 amide bonds. The van der Waals surface area contributed by atoms with E-state index < -0.39 is 6.08 Å². The molecule has 0 aliphatic carbocycles. The number of nitrogens with zero attached hydrogens (tertiary/aromatic N) is 2. The molecular formula is C14H12F2N2OS2. The Morgan fingerprint density at radius 3 is 2.81 bits per heavy atom. The quantitative estimate of drug-likeness (QED) is 0.193. The molecule has 110 valence electrons. The van der Waals surface area contributed by atoms with Crippen molar-refractivity contribution in [2.45, 2.75) is 10.8 Å². The molecular weight excluding hydrogens is 314 g/mol. The van der Waals surface area contributed by atoms with Crippen LogP contribution in [0.1, 0.15) is 11.3 Å². The number of hydrogen-bond acceptors (Lipinski definition) is 4. The van der Waals surface area contributed by atoms with Crippen molar-refractivity contribution in [1.29, 1.82) is 0 Å². The second kappa shape index (κ2) is 7.90. The molecule has 0 saturated carbocycles. The fourth-order valence-corrected chi connectivity index (χ4v) is 3.35. The Balaban J connectivity index is 1.95. The van der Waals surface area contributed by atoms with Crippen LogP contribution in [-0.4, -0.2) is 21.7 Å². The number of halogens is 2. The number of aromatic nitrogens is 1. The summed E-state index contributed by atoms with van der Waals surface area (Å²) >= 11 is 2.76. The van der Waals surface area contributed by atoms with Crippen molar-refractivity contribution in [3.63, 3.8) is 0 Å². The summed E-state index contributed by atoms with van der Waals surface area (Å²) in [5, 5.41) is 11.9. The van der Waals surface area contributed by atoms with Gasteiger partial charge in [-0.25, -0.2) is 4.98 Å².